The second kappa shape index (κ2) is 8.09. The van der Waals surface area contributed by atoms with Gasteiger partial charge in [0.05, 0.1) is 11.9 Å². The third-order valence-corrected chi connectivity index (χ3v) is 4.74. The Morgan fingerprint density at radius 1 is 1.22 bits per heavy atom. The van der Waals surface area contributed by atoms with E-state index in [-0.39, 0.29) is 17.9 Å². The summed E-state index contributed by atoms with van der Waals surface area (Å²) >= 11 is 0. The minimum atomic E-state index is -3.10. The monoisotopic (exact) mass is 278 g/mol. The van der Waals surface area contributed by atoms with Gasteiger partial charge in [-0.15, -0.1) is 0 Å². The first-order valence-electron chi connectivity index (χ1n) is 6.81. The molecule has 2 N–H and O–H groups in total. The lowest BCUT2D eigenvalue weighted by atomic mass is 9.90. The maximum Gasteiger partial charge on any atom is 0.211 e. The molecular weight excluding hydrogens is 252 g/mol. The van der Waals surface area contributed by atoms with Gasteiger partial charge in [0.2, 0.25) is 10.0 Å². The molecule has 1 fully saturated rings. The molecule has 0 bridgehead atoms. The minimum Gasteiger partial charge on any atom is -0.381 e. The first-order chi connectivity index (χ1) is 8.57. The van der Waals surface area contributed by atoms with E-state index >= 15 is 0 Å². The Kier molecular flexibility index (Phi) is 7.14. The molecule has 0 radical (unpaired) electrons. The van der Waals surface area contributed by atoms with E-state index < -0.39 is 10.0 Å². The van der Waals surface area contributed by atoms with E-state index in [9.17, 15) is 8.42 Å². The molecule has 0 spiro atoms. The van der Waals surface area contributed by atoms with Crippen molar-refractivity contribution < 1.29 is 13.2 Å². The van der Waals surface area contributed by atoms with Crippen molar-refractivity contribution in [3.05, 3.63) is 0 Å². The summed E-state index contributed by atoms with van der Waals surface area (Å²) in [6, 6.07) is 0.0816. The standard InChI is InChI=1S/C12H26N2O3S/c1-3-6-13-7-4-5-8-18(15,16)14-11-9-12(10-11)17-2/h11-14H,3-10H2,1-2H3. The number of ether oxygens (including phenoxy) is 1. The number of methoxy groups -OCH3 is 1. The van der Waals surface area contributed by atoms with Gasteiger partial charge < -0.3 is 10.1 Å². The van der Waals surface area contributed by atoms with E-state index in [1.54, 1.807) is 7.11 Å². The lowest BCUT2D eigenvalue weighted by molar-refractivity contribution is 0.0236. The number of hydrogen-bond donors (Lipinski definition) is 2. The normalized spacial score (nSPS) is 23.9. The van der Waals surface area contributed by atoms with Crippen LogP contribution < -0.4 is 10.0 Å². The van der Waals surface area contributed by atoms with Gasteiger partial charge in [-0.2, -0.15) is 0 Å². The van der Waals surface area contributed by atoms with Crippen LogP contribution >= 0.6 is 0 Å². The first kappa shape index (κ1) is 15.9. The van der Waals surface area contributed by atoms with E-state index in [0.717, 1.165) is 38.8 Å². The zero-order chi connectivity index (χ0) is 13.4. The van der Waals surface area contributed by atoms with Gasteiger partial charge in [0.15, 0.2) is 0 Å². The van der Waals surface area contributed by atoms with Gasteiger partial charge in [0.25, 0.3) is 0 Å². The Hall–Kier alpha value is -0.170. The van der Waals surface area contributed by atoms with Crippen molar-refractivity contribution in [3.8, 4) is 0 Å². The molecule has 0 aromatic carbocycles. The van der Waals surface area contributed by atoms with Crippen LogP contribution in [0.15, 0.2) is 0 Å². The van der Waals surface area contributed by atoms with E-state index in [0.29, 0.717) is 6.42 Å². The number of nitrogens with one attached hydrogen (secondary N) is 2. The van der Waals surface area contributed by atoms with Crippen LogP contribution in [0.4, 0.5) is 0 Å². The summed E-state index contributed by atoms with van der Waals surface area (Å²) in [4.78, 5) is 0. The Balaban J connectivity index is 2.05. The summed E-state index contributed by atoms with van der Waals surface area (Å²) in [5.74, 6) is 0.231. The topological polar surface area (TPSA) is 67.4 Å². The Morgan fingerprint density at radius 2 is 1.94 bits per heavy atom. The predicted octanol–water partition coefficient (Wildman–Crippen LogP) is 0.863. The van der Waals surface area contributed by atoms with Crippen LogP contribution in [0, 0.1) is 0 Å². The fraction of sp³-hybridized carbons (Fsp3) is 1.00. The molecule has 0 aromatic heterocycles. The molecule has 0 amide bonds. The summed E-state index contributed by atoms with van der Waals surface area (Å²) in [6.45, 7) is 4.03. The van der Waals surface area contributed by atoms with Crippen LogP contribution in [-0.2, 0) is 14.8 Å². The lowest BCUT2D eigenvalue weighted by Crippen LogP contribution is -2.48. The Labute approximate surface area is 111 Å². The molecule has 1 aliphatic carbocycles. The van der Waals surface area contributed by atoms with Gasteiger partial charge in [0, 0.05) is 13.2 Å². The summed E-state index contributed by atoms with van der Waals surface area (Å²) in [6.07, 6.45) is 4.57. The van der Waals surface area contributed by atoms with Crippen LogP contribution in [0.5, 0.6) is 0 Å². The molecule has 108 valence electrons. The largest absolute Gasteiger partial charge is 0.381 e. The second-order valence-electron chi connectivity index (χ2n) is 4.92. The van der Waals surface area contributed by atoms with Gasteiger partial charge in [-0.1, -0.05) is 6.92 Å². The number of unbranched alkanes of at least 4 members (excludes halogenated alkanes) is 1. The quantitative estimate of drug-likeness (QED) is 0.582. The highest BCUT2D eigenvalue weighted by molar-refractivity contribution is 7.89. The van der Waals surface area contributed by atoms with Gasteiger partial charge >= 0.3 is 0 Å². The highest BCUT2D eigenvalue weighted by Crippen LogP contribution is 2.23. The number of rotatable bonds is 10. The van der Waals surface area contributed by atoms with Crippen molar-refractivity contribution >= 4 is 10.0 Å². The van der Waals surface area contributed by atoms with Crippen molar-refractivity contribution in [2.75, 3.05) is 26.0 Å². The Bertz CT molecular complexity index is 313. The lowest BCUT2D eigenvalue weighted by Gasteiger charge is -2.34. The van der Waals surface area contributed by atoms with Gasteiger partial charge in [-0.25, -0.2) is 13.1 Å². The zero-order valence-corrected chi connectivity index (χ0v) is 12.3. The van der Waals surface area contributed by atoms with Gasteiger partial charge in [-0.05, 0) is 45.2 Å². The SMILES string of the molecule is CCCNCCCCS(=O)(=O)NC1CC(OC)C1. The average Bonchev–Trinajstić information content (AvgIpc) is 2.27. The van der Waals surface area contributed by atoms with Crippen molar-refractivity contribution in [1.29, 1.82) is 0 Å². The number of hydrogen-bond acceptors (Lipinski definition) is 4. The summed E-state index contributed by atoms with van der Waals surface area (Å²) in [5, 5.41) is 3.27. The molecule has 5 nitrogen and oxygen atoms in total. The number of sulfonamides is 1. The van der Waals surface area contributed by atoms with Crippen molar-refractivity contribution in [2.24, 2.45) is 0 Å². The molecule has 0 unspecified atom stereocenters. The van der Waals surface area contributed by atoms with Crippen LogP contribution in [0.2, 0.25) is 0 Å². The smallest absolute Gasteiger partial charge is 0.211 e. The third kappa shape index (κ3) is 6.13. The maximum atomic E-state index is 11.7. The summed E-state index contributed by atoms with van der Waals surface area (Å²) in [7, 11) is -1.43. The van der Waals surface area contributed by atoms with Crippen LogP contribution in [0.3, 0.4) is 0 Å². The van der Waals surface area contributed by atoms with E-state index in [4.69, 9.17) is 4.74 Å². The summed E-state index contributed by atoms with van der Waals surface area (Å²) < 4.78 is 31.3. The van der Waals surface area contributed by atoms with Crippen LogP contribution in [0.1, 0.15) is 39.0 Å². The zero-order valence-electron chi connectivity index (χ0n) is 11.4. The van der Waals surface area contributed by atoms with E-state index in [1.807, 2.05) is 0 Å². The molecule has 0 aromatic rings. The molecule has 1 saturated carbocycles. The second-order valence-corrected chi connectivity index (χ2v) is 6.79. The van der Waals surface area contributed by atoms with E-state index in [1.165, 1.54) is 0 Å². The van der Waals surface area contributed by atoms with Crippen molar-refractivity contribution in [1.82, 2.24) is 10.0 Å². The molecule has 1 aliphatic rings. The van der Waals surface area contributed by atoms with Crippen LogP contribution in [-0.4, -0.2) is 46.5 Å². The Morgan fingerprint density at radius 3 is 2.56 bits per heavy atom. The molecule has 0 aliphatic heterocycles. The van der Waals surface area contributed by atoms with Gasteiger partial charge in [0.1, 0.15) is 0 Å². The highest BCUT2D eigenvalue weighted by atomic mass is 32.2. The molecule has 1 rings (SSSR count). The fourth-order valence-corrected chi connectivity index (χ4v) is 3.41. The third-order valence-electron chi connectivity index (χ3n) is 3.22. The van der Waals surface area contributed by atoms with Crippen molar-refractivity contribution in [2.45, 2.75) is 51.2 Å². The first-order valence-corrected chi connectivity index (χ1v) is 8.46. The summed E-state index contributed by atoms with van der Waals surface area (Å²) in [5.41, 5.74) is 0. The molecule has 0 atom stereocenters. The van der Waals surface area contributed by atoms with Gasteiger partial charge in [-0.3, -0.25) is 0 Å². The molecule has 0 heterocycles. The van der Waals surface area contributed by atoms with Crippen LogP contribution in [0.25, 0.3) is 0 Å². The minimum absolute atomic E-state index is 0.0816. The van der Waals surface area contributed by atoms with E-state index in [2.05, 4.69) is 17.0 Å². The maximum absolute atomic E-state index is 11.7. The predicted molar refractivity (Wildman–Crippen MR) is 73.1 cm³/mol. The molecule has 18 heavy (non-hydrogen) atoms. The fourth-order valence-electron chi connectivity index (χ4n) is 2.01. The van der Waals surface area contributed by atoms with Crippen molar-refractivity contribution in [3.63, 3.8) is 0 Å². The molecule has 6 heteroatoms. The highest BCUT2D eigenvalue weighted by Gasteiger charge is 2.31. The average molecular weight is 278 g/mol. The molecule has 0 saturated heterocycles. The molecular formula is C12H26N2O3S.